The second-order valence-corrected chi connectivity index (χ2v) is 2.86. The first-order chi connectivity index (χ1) is 5.83. The summed E-state index contributed by atoms with van der Waals surface area (Å²) in [5.41, 5.74) is 1.82. The molecule has 5 nitrogen and oxygen atoms in total. The van der Waals surface area contributed by atoms with Crippen LogP contribution in [0.5, 0.6) is 0 Å². The van der Waals surface area contributed by atoms with Gasteiger partial charge in [0.25, 0.3) is 0 Å². The first-order valence-corrected chi connectivity index (χ1v) is 4.06. The number of hydrogen-bond donors (Lipinski definition) is 2. The molecule has 0 aromatic rings. The maximum atomic E-state index is 10.7. The van der Waals surface area contributed by atoms with Gasteiger partial charge in [-0.2, -0.15) is 0 Å². The average Bonchev–Trinajstić information content (AvgIpc) is 2.82. The van der Waals surface area contributed by atoms with Crippen LogP contribution >= 0.6 is 0 Å². The van der Waals surface area contributed by atoms with Gasteiger partial charge in [-0.3, -0.25) is 4.79 Å². The fourth-order valence-corrected chi connectivity index (χ4v) is 0.807. The quantitative estimate of drug-likeness (QED) is 0.329. The van der Waals surface area contributed by atoms with Gasteiger partial charge < -0.3 is 9.57 Å². The van der Waals surface area contributed by atoms with Crippen molar-refractivity contribution in [3.05, 3.63) is 0 Å². The Morgan fingerprint density at radius 3 is 2.92 bits per heavy atom. The van der Waals surface area contributed by atoms with Gasteiger partial charge in [-0.25, -0.2) is 5.84 Å². The lowest BCUT2D eigenvalue weighted by molar-refractivity contribution is -0.152. The smallest absolute Gasteiger partial charge is 0.328 e. The Hall–Kier alpha value is -0.650. The monoisotopic (exact) mass is 174 g/mol. The number of hydrogen-bond acceptors (Lipinski definition) is 5. The highest BCUT2D eigenvalue weighted by Crippen LogP contribution is 2.28. The Labute approximate surface area is 71.1 Å². The predicted molar refractivity (Wildman–Crippen MR) is 41.6 cm³/mol. The Balaban J connectivity index is 1.83. The van der Waals surface area contributed by atoms with Crippen LogP contribution < -0.4 is 11.4 Å². The Morgan fingerprint density at radius 1 is 1.58 bits per heavy atom. The van der Waals surface area contributed by atoms with Crippen molar-refractivity contribution >= 4 is 5.97 Å². The van der Waals surface area contributed by atoms with Gasteiger partial charge >= 0.3 is 5.97 Å². The molecule has 1 saturated carbocycles. The van der Waals surface area contributed by atoms with Crippen molar-refractivity contribution in [2.45, 2.75) is 19.3 Å². The number of carbonyl (C=O) groups excluding carboxylic acids is 1. The predicted octanol–water partition coefficient (Wildman–Crippen LogP) is -0.275. The van der Waals surface area contributed by atoms with E-state index in [-0.39, 0.29) is 6.42 Å². The molecule has 0 unspecified atom stereocenters. The first-order valence-electron chi connectivity index (χ1n) is 4.06. The fraction of sp³-hybridized carbons (Fsp3) is 0.857. The molecule has 0 bridgehead atoms. The molecule has 3 N–H and O–H groups in total. The number of rotatable bonds is 6. The first kappa shape index (κ1) is 9.44. The van der Waals surface area contributed by atoms with E-state index in [1.165, 1.54) is 12.8 Å². The molecule has 70 valence electrons. The normalized spacial score (nSPS) is 16.1. The summed E-state index contributed by atoms with van der Waals surface area (Å²) in [5, 5.41) is 0. The molecule has 1 aliphatic rings. The van der Waals surface area contributed by atoms with Gasteiger partial charge in [-0.1, -0.05) is 5.59 Å². The highest BCUT2D eigenvalue weighted by Gasteiger charge is 2.21. The summed E-state index contributed by atoms with van der Waals surface area (Å²) in [4.78, 5) is 14.9. The minimum absolute atomic E-state index is 0.247. The third-order valence-corrected chi connectivity index (χ3v) is 1.67. The minimum Gasteiger partial charge on any atom is -0.381 e. The van der Waals surface area contributed by atoms with E-state index in [0.29, 0.717) is 6.61 Å². The Kier molecular flexibility index (Phi) is 3.99. The number of hydrazine groups is 1. The summed E-state index contributed by atoms with van der Waals surface area (Å²) in [6, 6.07) is 0. The molecular formula is C7H14N2O3. The van der Waals surface area contributed by atoms with Crippen LogP contribution in [-0.2, 0) is 14.4 Å². The van der Waals surface area contributed by atoms with Crippen molar-refractivity contribution in [3.8, 4) is 0 Å². The third kappa shape index (κ3) is 4.27. The molecule has 0 saturated heterocycles. The second-order valence-electron chi connectivity index (χ2n) is 2.86. The summed E-state index contributed by atoms with van der Waals surface area (Å²) in [5.74, 6) is 5.09. The van der Waals surface area contributed by atoms with Crippen molar-refractivity contribution in [3.63, 3.8) is 0 Å². The van der Waals surface area contributed by atoms with E-state index in [1.807, 2.05) is 5.59 Å². The van der Waals surface area contributed by atoms with Crippen molar-refractivity contribution in [2.75, 3.05) is 13.2 Å². The molecule has 5 heteroatoms. The minimum atomic E-state index is -0.395. The highest BCUT2D eigenvalue weighted by molar-refractivity contribution is 5.69. The SMILES string of the molecule is NNOC(=O)CCOCC1CC1. The summed E-state index contributed by atoms with van der Waals surface area (Å²) in [7, 11) is 0. The zero-order valence-electron chi connectivity index (χ0n) is 6.91. The summed E-state index contributed by atoms with van der Waals surface area (Å²) in [6.45, 7) is 1.18. The molecule has 0 aromatic carbocycles. The van der Waals surface area contributed by atoms with E-state index in [4.69, 9.17) is 10.6 Å². The van der Waals surface area contributed by atoms with E-state index in [0.717, 1.165) is 12.5 Å². The van der Waals surface area contributed by atoms with Gasteiger partial charge in [0.2, 0.25) is 0 Å². The summed E-state index contributed by atoms with van der Waals surface area (Å²) in [6.07, 6.45) is 2.76. The van der Waals surface area contributed by atoms with E-state index in [1.54, 1.807) is 0 Å². The van der Waals surface area contributed by atoms with Crippen LogP contribution in [0.2, 0.25) is 0 Å². The van der Waals surface area contributed by atoms with E-state index in [2.05, 4.69) is 4.84 Å². The van der Waals surface area contributed by atoms with Gasteiger partial charge in [0, 0.05) is 6.61 Å². The lowest BCUT2D eigenvalue weighted by Gasteiger charge is -2.02. The standard InChI is InChI=1S/C7H14N2O3/c8-9-12-7(10)3-4-11-5-6-1-2-6/h6,9H,1-5,8H2. The van der Waals surface area contributed by atoms with Crippen LogP contribution in [0.25, 0.3) is 0 Å². The van der Waals surface area contributed by atoms with Crippen molar-refractivity contribution < 1.29 is 14.4 Å². The molecule has 0 radical (unpaired) electrons. The van der Waals surface area contributed by atoms with Gasteiger partial charge in [-0.05, 0) is 18.8 Å². The van der Waals surface area contributed by atoms with Crippen LogP contribution in [0.3, 0.4) is 0 Å². The largest absolute Gasteiger partial charge is 0.381 e. The molecule has 1 aliphatic carbocycles. The van der Waals surface area contributed by atoms with Crippen molar-refractivity contribution in [1.82, 2.24) is 5.59 Å². The maximum Gasteiger partial charge on any atom is 0.328 e. The Morgan fingerprint density at radius 2 is 2.33 bits per heavy atom. The zero-order chi connectivity index (χ0) is 8.81. The summed E-state index contributed by atoms with van der Waals surface area (Å²) < 4.78 is 5.21. The van der Waals surface area contributed by atoms with Gasteiger partial charge in [0.05, 0.1) is 13.0 Å². The molecule has 0 spiro atoms. The van der Waals surface area contributed by atoms with Crippen LogP contribution in [0.4, 0.5) is 0 Å². The number of nitrogens with one attached hydrogen (secondary N) is 1. The maximum absolute atomic E-state index is 10.7. The Bertz CT molecular complexity index is 148. The molecule has 0 aliphatic heterocycles. The van der Waals surface area contributed by atoms with Crippen LogP contribution in [0, 0.1) is 5.92 Å². The molecular weight excluding hydrogens is 160 g/mol. The lowest BCUT2D eigenvalue weighted by Crippen LogP contribution is -2.26. The molecule has 1 fully saturated rings. The van der Waals surface area contributed by atoms with Crippen LogP contribution in [0.1, 0.15) is 19.3 Å². The van der Waals surface area contributed by atoms with E-state index in [9.17, 15) is 4.79 Å². The van der Waals surface area contributed by atoms with Crippen LogP contribution in [0.15, 0.2) is 0 Å². The molecule has 0 heterocycles. The lowest BCUT2D eigenvalue weighted by atomic mass is 10.4. The average molecular weight is 174 g/mol. The van der Waals surface area contributed by atoms with E-state index >= 15 is 0 Å². The van der Waals surface area contributed by atoms with Gasteiger partial charge in [0.15, 0.2) is 0 Å². The number of ether oxygens (including phenoxy) is 1. The highest BCUT2D eigenvalue weighted by atomic mass is 16.7. The van der Waals surface area contributed by atoms with Gasteiger partial charge in [0.1, 0.15) is 0 Å². The van der Waals surface area contributed by atoms with Crippen molar-refractivity contribution in [2.24, 2.45) is 11.8 Å². The number of carbonyl (C=O) groups is 1. The van der Waals surface area contributed by atoms with E-state index < -0.39 is 5.97 Å². The second kappa shape index (κ2) is 5.08. The molecule has 0 amide bonds. The fourth-order valence-electron chi connectivity index (χ4n) is 0.807. The third-order valence-electron chi connectivity index (χ3n) is 1.67. The van der Waals surface area contributed by atoms with Crippen LogP contribution in [-0.4, -0.2) is 19.2 Å². The number of nitrogens with two attached hydrogens (primary N) is 1. The molecule has 1 rings (SSSR count). The van der Waals surface area contributed by atoms with Crippen molar-refractivity contribution in [1.29, 1.82) is 0 Å². The molecule has 12 heavy (non-hydrogen) atoms. The topological polar surface area (TPSA) is 73.6 Å². The summed E-state index contributed by atoms with van der Waals surface area (Å²) >= 11 is 0. The molecule has 0 aromatic heterocycles. The molecule has 0 atom stereocenters. The zero-order valence-corrected chi connectivity index (χ0v) is 6.91. The van der Waals surface area contributed by atoms with Gasteiger partial charge in [-0.15, -0.1) is 0 Å².